The van der Waals surface area contributed by atoms with Crippen LogP contribution in [0.25, 0.3) is 0 Å². The van der Waals surface area contributed by atoms with Crippen LogP contribution in [0.15, 0.2) is 30.9 Å². The van der Waals surface area contributed by atoms with E-state index in [-0.39, 0.29) is 11.5 Å². The van der Waals surface area contributed by atoms with Crippen molar-refractivity contribution < 1.29 is 10.2 Å². The van der Waals surface area contributed by atoms with Crippen LogP contribution in [0.2, 0.25) is 0 Å². The third kappa shape index (κ3) is 4.91. The highest BCUT2D eigenvalue weighted by atomic mass is 16.3. The van der Waals surface area contributed by atoms with Gasteiger partial charge in [0.15, 0.2) is 0 Å². The first-order valence-corrected chi connectivity index (χ1v) is 5.96. The number of nitrogens with one attached hydrogen (secondary N) is 1. The maximum atomic E-state index is 9.57. The van der Waals surface area contributed by atoms with Crippen LogP contribution in [0.4, 0.5) is 0 Å². The number of hydrogen-bond donors (Lipinski definition) is 3. The topological polar surface area (TPSA) is 52.5 Å². The van der Waals surface area contributed by atoms with Gasteiger partial charge in [0.05, 0.1) is 0 Å². The van der Waals surface area contributed by atoms with Crippen LogP contribution in [-0.4, -0.2) is 16.8 Å². The molecule has 1 aromatic carbocycles. The van der Waals surface area contributed by atoms with Crippen molar-refractivity contribution in [2.45, 2.75) is 26.3 Å². The molecule has 1 rings (SSSR count). The molecule has 0 aliphatic heterocycles. The van der Waals surface area contributed by atoms with Gasteiger partial charge in [0.2, 0.25) is 0 Å². The lowest BCUT2D eigenvalue weighted by atomic mass is 10.0. The summed E-state index contributed by atoms with van der Waals surface area (Å²) in [6.07, 6.45) is 4.06. The van der Waals surface area contributed by atoms with Gasteiger partial charge in [-0.2, -0.15) is 0 Å². The summed E-state index contributed by atoms with van der Waals surface area (Å²) in [6.45, 7) is 7.45. The van der Waals surface area contributed by atoms with Gasteiger partial charge in [0.1, 0.15) is 11.5 Å². The van der Waals surface area contributed by atoms with E-state index >= 15 is 0 Å². The normalized spacial score (nSPS) is 12.3. The minimum Gasteiger partial charge on any atom is -0.508 e. The number of aromatic hydroxyl groups is 2. The van der Waals surface area contributed by atoms with E-state index in [4.69, 9.17) is 5.11 Å². The summed E-state index contributed by atoms with van der Waals surface area (Å²) >= 11 is 0. The van der Waals surface area contributed by atoms with E-state index in [9.17, 15) is 5.11 Å². The van der Waals surface area contributed by atoms with E-state index in [0.29, 0.717) is 12.5 Å². The lowest BCUT2D eigenvalue weighted by Gasteiger charge is -2.10. The van der Waals surface area contributed by atoms with Gasteiger partial charge in [-0.3, -0.25) is 0 Å². The van der Waals surface area contributed by atoms with Crippen molar-refractivity contribution in [3.63, 3.8) is 0 Å². The van der Waals surface area contributed by atoms with E-state index in [1.54, 1.807) is 12.1 Å². The molecule has 0 saturated heterocycles. The second-order valence-corrected chi connectivity index (χ2v) is 4.41. The Kier molecular flexibility index (Phi) is 5.57. The predicted molar refractivity (Wildman–Crippen MR) is 70.1 cm³/mol. The second kappa shape index (κ2) is 6.97. The van der Waals surface area contributed by atoms with Gasteiger partial charge in [-0.05, 0) is 31.4 Å². The average Bonchev–Trinajstić information content (AvgIpc) is 2.27. The van der Waals surface area contributed by atoms with Crippen molar-refractivity contribution in [3.05, 3.63) is 36.4 Å². The zero-order chi connectivity index (χ0) is 12.7. The highest BCUT2D eigenvalue weighted by molar-refractivity contribution is 5.38. The first-order valence-electron chi connectivity index (χ1n) is 5.96. The highest BCUT2D eigenvalue weighted by Crippen LogP contribution is 2.22. The molecule has 0 aliphatic rings. The van der Waals surface area contributed by atoms with E-state index in [2.05, 4.69) is 18.8 Å². The van der Waals surface area contributed by atoms with Crippen LogP contribution >= 0.6 is 0 Å². The summed E-state index contributed by atoms with van der Waals surface area (Å²) in [5.41, 5.74) is 0.805. The first kappa shape index (κ1) is 13.6. The summed E-state index contributed by atoms with van der Waals surface area (Å²) < 4.78 is 0. The van der Waals surface area contributed by atoms with Gasteiger partial charge >= 0.3 is 0 Å². The quantitative estimate of drug-likeness (QED) is 0.503. The van der Waals surface area contributed by atoms with Gasteiger partial charge in [-0.25, -0.2) is 0 Å². The Hall–Kier alpha value is -1.48. The fraction of sp³-hybridized carbons (Fsp3) is 0.429. The maximum absolute atomic E-state index is 9.57. The van der Waals surface area contributed by atoms with Crippen LogP contribution in [0.3, 0.4) is 0 Å². The highest BCUT2D eigenvalue weighted by Gasteiger charge is 2.02. The van der Waals surface area contributed by atoms with E-state index in [0.717, 1.165) is 24.9 Å². The van der Waals surface area contributed by atoms with Crippen LogP contribution in [0, 0.1) is 5.92 Å². The molecule has 3 N–H and O–H groups in total. The van der Waals surface area contributed by atoms with Crippen molar-refractivity contribution in [1.82, 2.24) is 5.32 Å². The maximum Gasteiger partial charge on any atom is 0.123 e. The van der Waals surface area contributed by atoms with Crippen molar-refractivity contribution in [2.75, 3.05) is 6.54 Å². The Bertz CT molecular complexity index is 363. The lowest BCUT2D eigenvalue weighted by molar-refractivity contribution is 0.442. The van der Waals surface area contributed by atoms with Crippen LogP contribution in [-0.2, 0) is 6.54 Å². The zero-order valence-electron chi connectivity index (χ0n) is 10.3. The number of allylic oxidation sites excluding steroid dienone is 1. The Morgan fingerprint density at radius 1 is 1.41 bits per heavy atom. The Morgan fingerprint density at radius 3 is 2.82 bits per heavy atom. The second-order valence-electron chi connectivity index (χ2n) is 4.41. The molecule has 1 atom stereocenters. The largest absolute Gasteiger partial charge is 0.508 e. The molecule has 0 aliphatic carbocycles. The summed E-state index contributed by atoms with van der Waals surface area (Å²) in [5.74, 6) is 0.857. The van der Waals surface area contributed by atoms with Crippen LogP contribution in [0.5, 0.6) is 11.5 Å². The van der Waals surface area contributed by atoms with E-state index in [1.165, 1.54) is 6.07 Å². The molecule has 0 radical (unpaired) electrons. The van der Waals surface area contributed by atoms with Crippen LogP contribution in [0.1, 0.15) is 25.3 Å². The molecular weight excluding hydrogens is 214 g/mol. The number of rotatable bonds is 7. The zero-order valence-corrected chi connectivity index (χ0v) is 10.3. The fourth-order valence-electron chi connectivity index (χ4n) is 1.68. The Balaban J connectivity index is 2.28. The minimum atomic E-state index is 0.0888. The first-order chi connectivity index (χ1) is 8.13. The molecule has 94 valence electrons. The van der Waals surface area contributed by atoms with Crippen molar-refractivity contribution in [2.24, 2.45) is 5.92 Å². The van der Waals surface area contributed by atoms with Gasteiger partial charge in [0, 0.05) is 18.2 Å². The van der Waals surface area contributed by atoms with Gasteiger partial charge in [0.25, 0.3) is 0 Å². The number of phenols is 2. The summed E-state index contributed by atoms with van der Waals surface area (Å²) in [5, 5.41) is 22.0. The fourth-order valence-corrected chi connectivity index (χ4v) is 1.68. The molecule has 0 heterocycles. The molecule has 0 aromatic heterocycles. The molecule has 3 heteroatoms. The van der Waals surface area contributed by atoms with E-state index in [1.807, 2.05) is 6.08 Å². The smallest absolute Gasteiger partial charge is 0.123 e. The van der Waals surface area contributed by atoms with Gasteiger partial charge in [-0.1, -0.05) is 19.1 Å². The lowest BCUT2D eigenvalue weighted by Crippen LogP contribution is -2.16. The molecule has 0 saturated carbocycles. The van der Waals surface area contributed by atoms with Gasteiger partial charge < -0.3 is 15.5 Å². The SMILES string of the molecule is C=CCC(C)CCNCc1ccc(O)cc1O. The Morgan fingerprint density at radius 2 is 2.18 bits per heavy atom. The number of hydrogen-bond acceptors (Lipinski definition) is 3. The molecule has 0 spiro atoms. The Labute approximate surface area is 103 Å². The predicted octanol–water partition coefficient (Wildman–Crippen LogP) is 2.79. The van der Waals surface area contributed by atoms with Gasteiger partial charge in [-0.15, -0.1) is 6.58 Å². The molecular formula is C14H21NO2. The molecule has 0 bridgehead atoms. The summed E-state index contributed by atoms with van der Waals surface area (Å²) in [7, 11) is 0. The molecule has 1 unspecified atom stereocenters. The summed E-state index contributed by atoms with van der Waals surface area (Å²) in [6, 6.07) is 4.67. The molecule has 1 aromatic rings. The average molecular weight is 235 g/mol. The standard InChI is InChI=1S/C14H21NO2/c1-3-4-11(2)7-8-15-10-12-5-6-13(16)9-14(12)17/h3,5-6,9,11,15-17H,1,4,7-8,10H2,2H3. The van der Waals surface area contributed by atoms with Crippen molar-refractivity contribution in [1.29, 1.82) is 0 Å². The molecule has 0 fully saturated rings. The number of benzene rings is 1. The third-order valence-electron chi connectivity index (χ3n) is 2.77. The van der Waals surface area contributed by atoms with E-state index < -0.39 is 0 Å². The molecule has 3 nitrogen and oxygen atoms in total. The molecule has 17 heavy (non-hydrogen) atoms. The number of phenolic OH excluding ortho intramolecular Hbond substituents is 2. The molecule has 0 amide bonds. The van der Waals surface area contributed by atoms with Crippen molar-refractivity contribution in [3.8, 4) is 11.5 Å². The monoisotopic (exact) mass is 235 g/mol. The third-order valence-corrected chi connectivity index (χ3v) is 2.77. The summed E-state index contributed by atoms with van der Waals surface area (Å²) in [4.78, 5) is 0. The minimum absolute atomic E-state index is 0.0888. The van der Waals surface area contributed by atoms with Crippen LogP contribution < -0.4 is 5.32 Å². The van der Waals surface area contributed by atoms with Crippen molar-refractivity contribution >= 4 is 0 Å².